The average Bonchev–Trinajstić information content (AvgIpc) is 2.55. The number of hydrogen-bond acceptors (Lipinski definition) is 3. The second kappa shape index (κ2) is 4.77. The first-order valence-corrected chi connectivity index (χ1v) is 7.13. The Balaban J connectivity index is 1.76. The topological polar surface area (TPSA) is 24.8 Å². The van der Waals surface area contributed by atoms with Crippen molar-refractivity contribution in [1.82, 2.24) is 4.90 Å². The highest BCUT2D eigenvalue weighted by atomic mass is 16.5. The highest BCUT2D eigenvalue weighted by molar-refractivity contribution is 6.07. The van der Waals surface area contributed by atoms with Gasteiger partial charge >= 0.3 is 0 Å². The van der Waals surface area contributed by atoms with Crippen molar-refractivity contribution in [1.29, 1.82) is 0 Å². The number of methoxy groups -OCH3 is 1. The van der Waals surface area contributed by atoms with Gasteiger partial charge in [-0.25, -0.2) is 4.99 Å². The summed E-state index contributed by atoms with van der Waals surface area (Å²) in [5, 5.41) is 0. The minimum atomic E-state index is 0.868. The molecule has 0 saturated carbocycles. The van der Waals surface area contributed by atoms with Crippen LogP contribution in [0.15, 0.2) is 71.0 Å². The van der Waals surface area contributed by atoms with Crippen LogP contribution in [0.3, 0.4) is 0 Å². The summed E-state index contributed by atoms with van der Waals surface area (Å²) >= 11 is 0. The second-order valence-corrected chi connectivity index (χ2v) is 5.27. The predicted molar refractivity (Wildman–Crippen MR) is 85.0 cm³/mol. The van der Waals surface area contributed by atoms with Crippen LogP contribution in [0.5, 0.6) is 5.75 Å². The Hall–Kier alpha value is -2.55. The fourth-order valence-electron chi connectivity index (χ4n) is 2.93. The van der Waals surface area contributed by atoms with E-state index in [-0.39, 0.29) is 0 Å². The van der Waals surface area contributed by atoms with E-state index >= 15 is 0 Å². The molecule has 1 aliphatic carbocycles. The molecule has 2 heterocycles. The molecule has 0 bridgehead atoms. The fourth-order valence-corrected chi connectivity index (χ4v) is 2.93. The lowest BCUT2D eigenvalue weighted by Crippen LogP contribution is -2.30. The molecule has 1 aromatic carbocycles. The van der Waals surface area contributed by atoms with Crippen molar-refractivity contribution >= 4 is 11.4 Å². The molecule has 0 saturated heterocycles. The van der Waals surface area contributed by atoms with E-state index in [1.807, 2.05) is 12.1 Å². The molecule has 0 radical (unpaired) electrons. The first-order valence-electron chi connectivity index (χ1n) is 7.13. The van der Waals surface area contributed by atoms with Crippen molar-refractivity contribution in [3.05, 3.63) is 71.6 Å². The van der Waals surface area contributed by atoms with Crippen LogP contribution in [0, 0.1) is 0 Å². The summed E-state index contributed by atoms with van der Waals surface area (Å²) in [6, 6.07) is 8.07. The van der Waals surface area contributed by atoms with Crippen molar-refractivity contribution in [2.75, 3.05) is 13.7 Å². The molecule has 1 aromatic rings. The quantitative estimate of drug-likeness (QED) is 0.825. The highest BCUT2D eigenvalue weighted by Crippen LogP contribution is 2.33. The second-order valence-electron chi connectivity index (χ2n) is 5.27. The number of ether oxygens (including phenoxy) is 1. The van der Waals surface area contributed by atoms with Crippen molar-refractivity contribution in [2.24, 2.45) is 4.99 Å². The van der Waals surface area contributed by atoms with Gasteiger partial charge in [-0.05, 0) is 29.8 Å². The van der Waals surface area contributed by atoms with E-state index in [9.17, 15) is 0 Å². The van der Waals surface area contributed by atoms with Gasteiger partial charge in [0.15, 0.2) is 0 Å². The van der Waals surface area contributed by atoms with Crippen molar-refractivity contribution in [2.45, 2.75) is 6.42 Å². The predicted octanol–water partition coefficient (Wildman–Crippen LogP) is 3.53. The Morgan fingerprint density at radius 1 is 1.10 bits per heavy atom. The first kappa shape index (κ1) is 12.2. The average molecular weight is 276 g/mol. The van der Waals surface area contributed by atoms with Gasteiger partial charge in [0.2, 0.25) is 0 Å². The zero-order chi connectivity index (χ0) is 14.2. The Kier molecular flexibility index (Phi) is 2.78. The van der Waals surface area contributed by atoms with E-state index in [0.717, 1.165) is 35.7 Å². The summed E-state index contributed by atoms with van der Waals surface area (Å²) in [6.07, 6.45) is 11.8. The van der Waals surface area contributed by atoms with Crippen LogP contribution >= 0.6 is 0 Å². The van der Waals surface area contributed by atoms with Crippen molar-refractivity contribution < 1.29 is 4.74 Å². The van der Waals surface area contributed by atoms with Gasteiger partial charge in [0.25, 0.3) is 0 Å². The van der Waals surface area contributed by atoms with Crippen LogP contribution in [-0.4, -0.2) is 24.3 Å². The van der Waals surface area contributed by atoms with E-state index in [4.69, 9.17) is 9.73 Å². The summed E-state index contributed by atoms with van der Waals surface area (Å²) in [6.45, 7) is 0.908. The van der Waals surface area contributed by atoms with Crippen LogP contribution in [0.2, 0.25) is 0 Å². The van der Waals surface area contributed by atoms with Gasteiger partial charge in [-0.15, -0.1) is 0 Å². The minimum Gasteiger partial charge on any atom is -0.497 e. The van der Waals surface area contributed by atoms with Gasteiger partial charge in [0.1, 0.15) is 5.75 Å². The molecule has 0 aromatic heterocycles. The molecule has 0 N–H and O–H groups in total. The summed E-state index contributed by atoms with van der Waals surface area (Å²) in [4.78, 5) is 7.16. The Morgan fingerprint density at radius 3 is 2.71 bits per heavy atom. The van der Waals surface area contributed by atoms with Crippen LogP contribution in [0.4, 0.5) is 0 Å². The van der Waals surface area contributed by atoms with Crippen LogP contribution in [0.25, 0.3) is 5.70 Å². The summed E-state index contributed by atoms with van der Waals surface area (Å²) < 4.78 is 5.22. The van der Waals surface area contributed by atoms with Crippen molar-refractivity contribution in [3.63, 3.8) is 0 Å². The SMILES string of the molecule is COc1ccc(C2=CN3CC=CC4=C3C(=N2)CC=C4)cc1. The standard InChI is InChI=1S/C18H16N2O/c1-21-15-9-7-13(8-10-15)17-12-20-11-3-5-14-4-2-6-16(19-17)18(14)20/h2-5,7-10,12H,6,11H2,1H3. The molecule has 21 heavy (non-hydrogen) atoms. The zero-order valence-electron chi connectivity index (χ0n) is 11.9. The normalized spacial score (nSPS) is 19.2. The molecular formula is C18H16N2O. The van der Waals surface area contributed by atoms with E-state index in [2.05, 4.69) is 47.5 Å². The molecule has 2 aliphatic heterocycles. The molecule has 0 fully saturated rings. The minimum absolute atomic E-state index is 0.868. The Bertz CT molecular complexity index is 729. The number of hydrogen-bond donors (Lipinski definition) is 0. The molecule has 0 unspecified atom stereocenters. The maximum atomic E-state index is 5.22. The number of rotatable bonds is 2. The smallest absolute Gasteiger partial charge is 0.118 e. The number of benzene rings is 1. The molecule has 4 rings (SSSR count). The third-order valence-electron chi connectivity index (χ3n) is 3.96. The van der Waals surface area contributed by atoms with Gasteiger partial charge in [-0.3, -0.25) is 0 Å². The van der Waals surface area contributed by atoms with Crippen LogP contribution < -0.4 is 4.74 Å². The van der Waals surface area contributed by atoms with E-state index in [1.54, 1.807) is 7.11 Å². The lowest BCUT2D eigenvalue weighted by atomic mass is 9.95. The molecular weight excluding hydrogens is 260 g/mol. The van der Waals surface area contributed by atoms with Gasteiger partial charge in [0.05, 0.1) is 24.2 Å². The molecule has 3 nitrogen and oxygen atoms in total. The van der Waals surface area contributed by atoms with Gasteiger partial charge in [-0.1, -0.05) is 24.3 Å². The molecule has 104 valence electrons. The van der Waals surface area contributed by atoms with E-state index in [1.165, 1.54) is 11.3 Å². The lowest BCUT2D eigenvalue weighted by Gasteiger charge is -2.33. The van der Waals surface area contributed by atoms with Gasteiger partial charge in [-0.2, -0.15) is 0 Å². The van der Waals surface area contributed by atoms with Gasteiger partial charge < -0.3 is 9.64 Å². The van der Waals surface area contributed by atoms with Crippen molar-refractivity contribution in [3.8, 4) is 5.75 Å². The highest BCUT2D eigenvalue weighted by Gasteiger charge is 2.25. The third kappa shape index (κ3) is 2.02. The lowest BCUT2D eigenvalue weighted by molar-refractivity contribution is 0.415. The first-order chi connectivity index (χ1) is 10.3. The Labute approximate surface area is 124 Å². The molecule has 3 aliphatic rings. The number of allylic oxidation sites excluding steroid dienone is 5. The molecule has 0 atom stereocenters. The number of nitrogens with zero attached hydrogens (tertiary/aromatic N) is 2. The third-order valence-corrected chi connectivity index (χ3v) is 3.96. The molecule has 3 heteroatoms. The van der Waals surface area contributed by atoms with Crippen LogP contribution in [0.1, 0.15) is 12.0 Å². The molecule has 0 spiro atoms. The largest absolute Gasteiger partial charge is 0.497 e. The Morgan fingerprint density at radius 2 is 1.90 bits per heavy atom. The van der Waals surface area contributed by atoms with E-state index < -0.39 is 0 Å². The summed E-state index contributed by atoms with van der Waals surface area (Å²) in [5.74, 6) is 0.868. The number of aliphatic imine (C=N–C) groups is 1. The van der Waals surface area contributed by atoms with Gasteiger partial charge in [0, 0.05) is 24.7 Å². The fraction of sp³-hybridized carbons (Fsp3) is 0.167. The summed E-state index contributed by atoms with van der Waals surface area (Å²) in [7, 11) is 1.68. The maximum Gasteiger partial charge on any atom is 0.118 e. The van der Waals surface area contributed by atoms with E-state index in [0.29, 0.717) is 0 Å². The molecule has 0 amide bonds. The maximum absolute atomic E-state index is 5.22. The zero-order valence-corrected chi connectivity index (χ0v) is 11.9. The summed E-state index contributed by atoms with van der Waals surface area (Å²) in [5.41, 5.74) is 5.81. The van der Waals surface area contributed by atoms with Crippen LogP contribution in [-0.2, 0) is 0 Å². The monoisotopic (exact) mass is 276 g/mol.